The molecular weight excluding hydrogens is 120 g/mol. The Balaban J connectivity index is 1.97. The number of rotatable bonds is 0. The van der Waals surface area contributed by atoms with Gasteiger partial charge in [0.15, 0.2) is 0 Å². The molecule has 6 aliphatic carbocycles. The molecule has 6 aliphatic rings. The Morgan fingerprint density at radius 2 is 2.20 bits per heavy atom. The topological polar surface area (TPSA) is 0 Å². The Hall–Kier alpha value is 0. The highest BCUT2D eigenvalue weighted by Crippen LogP contribution is 2.92. The van der Waals surface area contributed by atoms with Crippen LogP contribution in [-0.4, -0.2) is 0 Å². The van der Waals surface area contributed by atoms with Gasteiger partial charge in [0.05, 0.1) is 0 Å². The van der Waals surface area contributed by atoms with Crippen LogP contribution in [0.5, 0.6) is 0 Å². The van der Waals surface area contributed by atoms with Crippen LogP contribution in [0.1, 0.15) is 32.6 Å². The summed E-state index contributed by atoms with van der Waals surface area (Å²) in [6.07, 6.45) is 6.43. The van der Waals surface area contributed by atoms with Gasteiger partial charge in [0.1, 0.15) is 0 Å². The summed E-state index contributed by atoms with van der Waals surface area (Å²) in [4.78, 5) is 0. The highest BCUT2D eigenvalue weighted by molar-refractivity contribution is 5.34. The van der Waals surface area contributed by atoms with E-state index >= 15 is 0 Å². The van der Waals surface area contributed by atoms with E-state index in [4.69, 9.17) is 0 Å². The standard InChI is InChI=1S/C10H14/c1-9-5-6-4-8(9)10(6)3-2-7(9)10/h6-8H,2-5H2,1H3. The van der Waals surface area contributed by atoms with Crippen LogP contribution in [-0.2, 0) is 0 Å². The molecule has 6 fully saturated rings. The van der Waals surface area contributed by atoms with Crippen molar-refractivity contribution in [1.29, 1.82) is 0 Å². The molecule has 0 heteroatoms. The molecule has 0 aliphatic heterocycles. The zero-order valence-corrected chi connectivity index (χ0v) is 6.56. The van der Waals surface area contributed by atoms with Crippen molar-refractivity contribution >= 4 is 0 Å². The molecule has 0 aromatic carbocycles. The first kappa shape index (κ1) is 4.79. The van der Waals surface area contributed by atoms with Gasteiger partial charge in [0.2, 0.25) is 0 Å². The third-order valence-corrected chi connectivity index (χ3v) is 5.72. The van der Waals surface area contributed by atoms with Crippen LogP contribution in [0.4, 0.5) is 0 Å². The van der Waals surface area contributed by atoms with Gasteiger partial charge in [-0.25, -0.2) is 0 Å². The minimum atomic E-state index is 0.878. The normalized spacial score (nSPS) is 80.7. The van der Waals surface area contributed by atoms with Gasteiger partial charge < -0.3 is 0 Å². The van der Waals surface area contributed by atoms with Crippen LogP contribution in [0.15, 0.2) is 0 Å². The molecule has 54 valence electrons. The van der Waals surface area contributed by atoms with Gasteiger partial charge in [-0.15, -0.1) is 0 Å². The van der Waals surface area contributed by atoms with Crippen LogP contribution in [0.3, 0.4) is 0 Å². The molecule has 6 rings (SSSR count). The van der Waals surface area contributed by atoms with E-state index in [1.165, 1.54) is 17.8 Å². The molecular formula is C10H14. The van der Waals surface area contributed by atoms with Crippen molar-refractivity contribution in [1.82, 2.24) is 0 Å². The Morgan fingerprint density at radius 3 is 2.50 bits per heavy atom. The molecule has 0 N–H and O–H groups in total. The predicted molar refractivity (Wildman–Crippen MR) is 39.5 cm³/mol. The van der Waals surface area contributed by atoms with E-state index in [1.807, 2.05) is 0 Å². The van der Waals surface area contributed by atoms with Crippen molar-refractivity contribution in [2.75, 3.05) is 0 Å². The molecule has 5 atom stereocenters. The van der Waals surface area contributed by atoms with E-state index in [9.17, 15) is 0 Å². The second-order valence-corrected chi connectivity index (χ2v) is 5.40. The van der Waals surface area contributed by atoms with Gasteiger partial charge in [-0.05, 0) is 54.3 Å². The second kappa shape index (κ2) is 0.922. The quantitative estimate of drug-likeness (QED) is 0.477. The fourth-order valence-corrected chi connectivity index (χ4v) is 5.44. The monoisotopic (exact) mass is 134 g/mol. The molecule has 6 saturated carbocycles. The summed E-state index contributed by atoms with van der Waals surface area (Å²) >= 11 is 0. The smallest absolute Gasteiger partial charge is 0.0201 e. The van der Waals surface area contributed by atoms with E-state index in [1.54, 1.807) is 25.7 Å². The lowest BCUT2D eigenvalue weighted by atomic mass is 9.29. The fraction of sp³-hybridized carbons (Fsp3) is 1.00. The maximum absolute atomic E-state index is 2.56. The minimum Gasteiger partial charge on any atom is -0.0591 e. The summed E-state index contributed by atoms with van der Waals surface area (Å²) in [5.74, 6) is 3.63. The van der Waals surface area contributed by atoms with Gasteiger partial charge in [-0.3, -0.25) is 0 Å². The van der Waals surface area contributed by atoms with Crippen molar-refractivity contribution in [2.24, 2.45) is 28.6 Å². The Morgan fingerprint density at radius 1 is 1.30 bits per heavy atom. The van der Waals surface area contributed by atoms with Gasteiger partial charge in [-0.1, -0.05) is 6.92 Å². The first-order valence-electron chi connectivity index (χ1n) is 4.78. The number of hydrogen-bond donors (Lipinski definition) is 0. The molecule has 10 heavy (non-hydrogen) atoms. The average Bonchev–Trinajstić information content (AvgIpc) is 2.17. The highest BCUT2D eigenvalue weighted by atomic mass is 14.9. The van der Waals surface area contributed by atoms with E-state index in [0.717, 1.165) is 10.8 Å². The molecule has 5 unspecified atom stereocenters. The molecule has 0 radical (unpaired) electrons. The Kier molecular flexibility index (Phi) is 0.442. The first-order valence-corrected chi connectivity index (χ1v) is 4.78. The maximum Gasteiger partial charge on any atom is -0.0201 e. The van der Waals surface area contributed by atoms with Crippen LogP contribution in [0, 0.1) is 28.6 Å². The van der Waals surface area contributed by atoms with E-state index in [-0.39, 0.29) is 0 Å². The molecule has 1 spiro atoms. The summed E-state index contributed by atoms with van der Waals surface area (Å²) in [6, 6.07) is 0. The lowest BCUT2D eigenvalue weighted by Crippen LogP contribution is -2.69. The highest BCUT2D eigenvalue weighted by Gasteiger charge is 2.85. The molecule has 0 heterocycles. The third kappa shape index (κ3) is 0.194. The average molecular weight is 134 g/mol. The molecule has 4 bridgehead atoms. The van der Waals surface area contributed by atoms with Gasteiger partial charge in [0, 0.05) is 0 Å². The van der Waals surface area contributed by atoms with Gasteiger partial charge in [-0.2, -0.15) is 0 Å². The first-order chi connectivity index (χ1) is 4.78. The summed E-state index contributed by atoms with van der Waals surface area (Å²) in [7, 11) is 0. The summed E-state index contributed by atoms with van der Waals surface area (Å²) in [5.41, 5.74) is 1.87. The van der Waals surface area contributed by atoms with Crippen molar-refractivity contribution < 1.29 is 0 Å². The number of hydrogen-bond acceptors (Lipinski definition) is 0. The summed E-state index contributed by atoms with van der Waals surface area (Å²) < 4.78 is 0. The lowest BCUT2D eigenvalue weighted by molar-refractivity contribution is -0.268. The van der Waals surface area contributed by atoms with Gasteiger partial charge in [0.25, 0.3) is 0 Å². The molecule has 0 nitrogen and oxygen atoms in total. The van der Waals surface area contributed by atoms with Crippen molar-refractivity contribution in [3.8, 4) is 0 Å². The SMILES string of the molecule is CC12CC3CC1C31CCC21. The Labute approximate surface area is 62.0 Å². The second-order valence-electron chi connectivity index (χ2n) is 5.40. The third-order valence-electron chi connectivity index (χ3n) is 5.72. The predicted octanol–water partition coefficient (Wildman–Crippen LogP) is 2.44. The summed E-state index contributed by atoms with van der Waals surface area (Å²) in [5, 5.41) is 0. The van der Waals surface area contributed by atoms with Crippen LogP contribution >= 0.6 is 0 Å². The maximum atomic E-state index is 2.56. The van der Waals surface area contributed by atoms with Crippen LogP contribution < -0.4 is 0 Å². The lowest BCUT2D eigenvalue weighted by Gasteiger charge is -2.75. The van der Waals surface area contributed by atoms with E-state index in [2.05, 4.69) is 6.92 Å². The fourth-order valence-electron chi connectivity index (χ4n) is 5.44. The zero-order chi connectivity index (χ0) is 6.56. The molecule has 0 saturated heterocycles. The molecule has 0 aromatic rings. The largest absolute Gasteiger partial charge is 0.0591 e. The van der Waals surface area contributed by atoms with Gasteiger partial charge >= 0.3 is 0 Å². The van der Waals surface area contributed by atoms with Crippen molar-refractivity contribution in [3.05, 3.63) is 0 Å². The summed E-state index contributed by atoms with van der Waals surface area (Å²) in [6.45, 7) is 2.56. The minimum absolute atomic E-state index is 0.878. The molecule has 0 amide bonds. The van der Waals surface area contributed by atoms with E-state index in [0.29, 0.717) is 0 Å². The van der Waals surface area contributed by atoms with Crippen molar-refractivity contribution in [2.45, 2.75) is 32.6 Å². The van der Waals surface area contributed by atoms with Crippen LogP contribution in [0.25, 0.3) is 0 Å². The van der Waals surface area contributed by atoms with Crippen LogP contribution in [0.2, 0.25) is 0 Å². The molecule has 0 aromatic heterocycles. The van der Waals surface area contributed by atoms with E-state index < -0.39 is 0 Å². The Bertz CT molecular complexity index is 216. The van der Waals surface area contributed by atoms with Crippen molar-refractivity contribution in [3.63, 3.8) is 0 Å². The zero-order valence-electron chi connectivity index (χ0n) is 6.56.